The van der Waals surface area contributed by atoms with Gasteiger partial charge in [0.2, 0.25) is 5.91 Å². The van der Waals surface area contributed by atoms with Gasteiger partial charge in [-0.25, -0.2) is 0 Å². The number of hydrogen-bond donors (Lipinski definition) is 1. The van der Waals surface area contributed by atoms with E-state index in [4.69, 9.17) is 0 Å². The molecule has 1 heterocycles. The molecule has 0 spiro atoms. The second-order valence-corrected chi connectivity index (χ2v) is 6.04. The number of rotatable bonds is 5. The van der Waals surface area contributed by atoms with Crippen molar-refractivity contribution < 1.29 is 18.0 Å². The number of nitrogens with zero attached hydrogens (tertiary/aromatic N) is 3. The summed E-state index contributed by atoms with van der Waals surface area (Å²) >= 11 is 0. The Labute approximate surface area is 144 Å². The first-order chi connectivity index (χ1) is 11.6. The fourth-order valence-electron chi connectivity index (χ4n) is 2.66. The Kier molecular flexibility index (Phi) is 5.52. The van der Waals surface area contributed by atoms with Crippen molar-refractivity contribution in [2.75, 3.05) is 18.9 Å². The Morgan fingerprint density at radius 2 is 1.92 bits per heavy atom. The van der Waals surface area contributed by atoms with Crippen LogP contribution in [-0.4, -0.2) is 34.2 Å². The van der Waals surface area contributed by atoms with E-state index in [0.29, 0.717) is 11.4 Å². The largest absolute Gasteiger partial charge is 0.416 e. The van der Waals surface area contributed by atoms with E-state index >= 15 is 0 Å². The lowest BCUT2D eigenvalue weighted by atomic mass is 10.1. The Bertz CT molecular complexity index is 768. The number of aromatic nitrogens is 2. The van der Waals surface area contributed by atoms with Crippen molar-refractivity contribution in [1.82, 2.24) is 14.7 Å². The van der Waals surface area contributed by atoms with Crippen LogP contribution < -0.4 is 5.32 Å². The van der Waals surface area contributed by atoms with Crippen LogP contribution in [-0.2, 0) is 24.6 Å². The molecule has 0 atom stereocenters. The quantitative estimate of drug-likeness (QED) is 0.898. The molecule has 2 aromatic rings. The number of benzene rings is 1. The van der Waals surface area contributed by atoms with Gasteiger partial charge in [0.15, 0.2) is 0 Å². The fraction of sp³-hybridized carbons (Fsp3) is 0.412. The number of nitrogens with one attached hydrogen (secondary N) is 1. The minimum Gasteiger partial charge on any atom is -0.322 e. The normalized spacial score (nSPS) is 11.8. The maximum Gasteiger partial charge on any atom is 0.416 e. The summed E-state index contributed by atoms with van der Waals surface area (Å²) in [7, 11) is 3.38. The Balaban J connectivity index is 2.03. The van der Waals surface area contributed by atoms with Crippen LogP contribution in [0.15, 0.2) is 24.3 Å². The highest BCUT2D eigenvalue weighted by Gasteiger charge is 2.33. The summed E-state index contributed by atoms with van der Waals surface area (Å²) in [6, 6.07) is 5.38. The molecule has 136 valence electrons. The first-order valence-corrected chi connectivity index (χ1v) is 7.73. The zero-order chi connectivity index (χ0) is 18.8. The highest BCUT2D eigenvalue weighted by Crippen LogP contribution is 2.32. The molecule has 0 unspecified atom stereocenters. The summed E-state index contributed by atoms with van der Waals surface area (Å²) in [6.07, 6.45) is -4.41. The average molecular weight is 354 g/mol. The first kappa shape index (κ1) is 19.0. The molecular formula is C17H21F3N4O. The van der Waals surface area contributed by atoms with Crippen LogP contribution >= 0.6 is 0 Å². The van der Waals surface area contributed by atoms with E-state index in [2.05, 4.69) is 10.4 Å². The van der Waals surface area contributed by atoms with Gasteiger partial charge in [-0.1, -0.05) is 18.2 Å². The van der Waals surface area contributed by atoms with Crippen LogP contribution in [0.4, 0.5) is 18.9 Å². The van der Waals surface area contributed by atoms with Gasteiger partial charge < -0.3 is 5.32 Å². The van der Waals surface area contributed by atoms with Crippen LogP contribution in [0.5, 0.6) is 0 Å². The monoisotopic (exact) mass is 354 g/mol. The molecule has 0 aliphatic heterocycles. The number of halogens is 3. The van der Waals surface area contributed by atoms with Crippen molar-refractivity contribution in [2.24, 2.45) is 7.05 Å². The van der Waals surface area contributed by atoms with Gasteiger partial charge in [-0.15, -0.1) is 0 Å². The zero-order valence-corrected chi connectivity index (χ0v) is 14.6. The number of likely N-dealkylation sites (N-methyl/N-ethyl adjacent to an activating group) is 1. The number of carbonyl (C=O) groups is 1. The molecule has 1 aromatic heterocycles. The van der Waals surface area contributed by atoms with Crippen molar-refractivity contribution in [3.63, 3.8) is 0 Å². The number of carbonyl (C=O) groups excluding carboxylic acids is 1. The standard InChI is InChI=1S/C17H21F3N4O/c1-11-16(12(2)24(4)22-11)21-15(25)10-23(3)9-13-7-5-6-8-14(13)17(18,19)20/h5-8H,9-10H2,1-4H3,(H,21,25). The van der Waals surface area contributed by atoms with Crippen molar-refractivity contribution in [3.05, 3.63) is 46.8 Å². The minimum absolute atomic E-state index is 0.0219. The summed E-state index contributed by atoms with van der Waals surface area (Å²) in [5, 5.41) is 6.99. The maximum atomic E-state index is 13.0. The summed E-state index contributed by atoms with van der Waals surface area (Å²) in [5.74, 6) is -0.300. The van der Waals surface area contributed by atoms with Gasteiger partial charge in [-0.2, -0.15) is 18.3 Å². The number of hydrogen-bond acceptors (Lipinski definition) is 3. The van der Waals surface area contributed by atoms with Gasteiger partial charge in [0.05, 0.1) is 29.2 Å². The lowest BCUT2D eigenvalue weighted by Gasteiger charge is -2.19. The first-order valence-electron chi connectivity index (χ1n) is 7.73. The van der Waals surface area contributed by atoms with Crippen molar-refractivity contribution in [2.45, 2.75) is 26.6 Å². The molecule has 1 aromatic carbocycles. The third kappa shape index (κ3) is 4.60. The highest BCUT2D eigenvalue weighted by atomic mass is 19.4. The predicted octanol–water partition coefficient (Wildman–Crippen LogP) is 3.13. The molecule has 8 heteroatoms. The van der Waals surface area contributed by atoms with Crippen molar-refractivity contribution in [3.8, 4) is 0 Å². The zero-order valence-electron chi connectivity index (χ0n) is 14.6. The van der Waals surface area contributed by atoms with Crippen LogP contribution in [0.3, 0.4) is 0 Å². The van der Waals surface area contributed by atoms with Gasteiger partial charge in [-0.05, 0) is 32.5 Å². The number of amides is 1. The van der Waals surface area contributed by atoms with Gasteiger partial charge in [0.25, 0.3) is 0 Å². The lowest BCUT2D eigenvalue weighted by molar-refractivity contribution is -0.138. The second-order valence-electron chi connectivity index (χ2n) is 6.04. The van der Waals surface area contributed by atoms with Crippen LogP contribution in [0.1, 0.15) is 22.5 Å². The SMILES string of the molecule is Cc1nn(C)c(C)c1NC(=O)CN(C)Cc1ccccc1C(F)(F)F. The van der Waals surface area contributed by atoms with E-state index < -0.39 is 11.7 Å². The Morgan fingerprint density at radius 3 is 2.48 bits per heavy atom. The average Bonchev–Trinajstić information content (AvgIpc) is 2.73. The lowest BCUT2D eigenvalue weighted by Crippen LogP contribution is -2.30. The topological polar surface area (TPSA) is 50.2 Å². The van der Waals surface area contributed by atoms with Crippen molar-refractivity contribution >= 4 is 11.6 Å². The van der Waals surface area contributed by atoms with E-state index in [0.717, 1.165) is 11.8 Å². The minimum atomic E-state index is -4.41. The van der Waals surface area contributed by atoms with E-state index in [-0.39, 0.29) is 24.6 Å². The number of aryl methyl sites for hydroxylation is 2. The molecule has 0 bridgehead atoms. The van der Waals surface area contributed by atoms with Gasteiger partial charge in [-0.3, -0.25) is 14.4 Å². The van der Waals surface area contributed by atoms with Crippen LogP contribution in [0, 0.1) is 13.8 Å². The van der Waals surface area contributed by atoms with Gasteiger partial charge in [0.1, 0.15) is 0 Å². The molecule has 0 aliphatic carbocycles. The number of alkyl halides is 3. The van der Waals surface area contributed by atoms with E-state index in [9.17, 15) is 18.0 Å². The van der Waals surface area contributed by atoms with Gasteiger partial charge in [0, 0.05) is 13.6 Å². The highest BCUT2D eigenvalue weighted by molar-refractivity contribution is 5.93. The Hall–Kier alpha value is -2.35. The molecule has 0 radical (unpaired) electrons. The molecule has 0 fully saturated rings. The smallest absolute Gasteiger partial charge is 0.322 e. The summed E-state index contributed by atoms with van der Waals surface area (Å²) < 4.78 is 40.8. The molecule has 1 N–H and O–H groups in total. The van der Waals surface area contributed by atoms with Crippen molar-refractivity contribution in [1.29, 1.82) is 0 Å². The molecule has 2 rings (SSSR count). The summed E-state index contributed by atoms with van der Waals surface area (Å²) in [6.45, 7) is 3.61. The van der Waals surface area contributed by atoms with Crippen LogP contribution in [0.25, 0.3) is 0 Å². The summed E-state index contributed by atoms with van der Waals surface area (Å²) in [5.41, 5.74) is 1.60. The molecule has 0 aliphatic rings. The van der Waals surface area contributed by atoms with E-state index in [1.165, 1.54) is 12.1 Å². The Morgan fingerprint density at radius 1 is 1.28 bits per heavy atom. The molecule has 5 nitrogen and oxygen atoms in total. The third-order valence-electron chi connectivity index (χ3n) is 3.95. The fourth-order valence-corrected chi connectivity index (χ4v) is 2.66. The molecule has 0 saturated carbocycles. The number of anilines is 1. The van der Waals surface area contributed by atoms with E-state index in [1.54, 1.807) is 36.7 Å². The molecule has 25 heavy (non-hydrogen) atoms. The molecule has 1 amide bonds. The predicted molar refractivity (Wildman–Crippen MR) is 89.1 cm³/mol. The maximum absolute atomic E-state index is 13.0. The van der Waals surface area contributed by atoms with Gasteiger partial charge >= 0.3 is 6.18 Å². The molecule has 0 saturated heterocycles. The van der Waals surface area contributed by atoms with Crippen LogP contribution in [0.2, 0.25) is 0 Å². The third-order valence-corrected chi connectivity index (χ3v) is 3.95. The summed E-state index contributed by atoms with van der Waals surface area (Å²) in [4.78, 5) is 13.7. The second kappa shape index (κ2) is 7.26. The molecular weight excluding hydrogens is 333 g/mol. The van der Waals surface area contributed by atoms with E-state index in [1.807, 2.05) is 6.92 Å².